The summed E-state index contributed by atoms with van der Waals surface area (Å²) in [5.41, 5.74) is 5.56. The first kappa shape index (κ1) is 24.8. The number of carboxylic acids is 1. The highest BCUT2D eigenvalue weighted by molar-refractivity contribution is 5.86. The van der Waals surface area contributed by atoms with Crippen LogP contribution < -0.4 is 11.1 Å². The summed E-state index contributed by atoms with van der Waals surface area (Å²) in [4.78, 5) is 28.7. The van der Waals surface area contributed by atoms with Crippen molar-refractivity contribution in [3.05, 3.63) is 0 Å². The largest absolute Gasteiger partial charge is 0.481 e. The number of rotatable bonds is 9. The van der Waals surface area contributed by atoms with Crippen LogP contribution in [0.5, 0.6) is 0 Å². The van der Waals surface area contributed by atoms with Gasteiger partial charge < -0.3 is 30.7 Å². The van der Waals surface area contributed by atoms with E-state index in [1.54, 1.807) is 0 Å². The number of carbonyl (C=O) groups excluding carboxylic acids is 1. The molecule has 1 saturated carbocycles. The van der Waals surface area contributed by atoms with E-state index in [1.165, 1.54) is 6.42 Å². The molecule has 32 heavy (non-hydrogen) atoms. The van der Waals surface area contributed by atoms with Crippen molar-refractivity contribution in [2.75, 3.05) is 26.2 Å². The first-order chi connectivity index (χ1) is 15.4. The first-order valence-electron chi connectivity index (χ1n) is 12.4. The van der Waals surface area contributed by atoms with E-state index in [9.17, 15) is 14.7 Å². The molecular weight excluding hydrogens is 410 g/mol. The molecule has 0 radical (unpaired) electrons. The molecule has 182 valence electrons. The van der Waals surface area contributed by atoms with Gasteiger partial charge in [-0.05, 0) is 51.4 Å². The van der Waals surface area contributed by atoms with E-state index in [1.807, 2.05) is 9.80 Å². The van der Waals surface area contributed by atoms with E-state index < -0.39 is 12.0 Å². The van der Waals surface area contributed by atoms with Gasteiger partial charge in [0.15, 0.2) is 5.96 Å². The summed E-state index contributed by atoms with van der Waals surface area (Å²) < 4.78 is 6.10. The number of nitrogens with two attached hydrogens (primary N) is 1. The van der Waals surface area contributed by atoms with Gasteiger partial charge >= 0.3 is 5.97 Å². The Morgan fingerprint density at radius 1 is 1.03 bits per heavy atom. The van der Waals surface area contributed by atoms with E-state index in [0.717, 1.165) is 77.3 Å². The first-order valence-corrected chi connectivity index (χ1v) is 12.4. The average molecular weight is 452 g/mol. The van der Waals surface area contributed by atoms with E-state index in [0.29, 0.717) is 13.2 Å². The number of guanidine groups is 1. The molecule has 5 N–H and O–H groups in total. The number of nitrogens with zero attached hydrogens (tertiary/aromatic N) is 2. The van der Waals surface area contributed by atoms with Crippen LogP contribution in [0.2, 0.25) is 0 Å². The molecule has 9 heteroatoms. The van der Waals surface area contributed by atoms with Crippen molar-refractivity contribution in [1.82, 2.24) is 15.1 Å². The lowest BCUT2D eigenvalue weighted by Crippen LogP contribution is -2.55. The third-order valence-corrected chi connectivity index (χ3v) is 7.22. The highest BCUT2D eigenvalue weighted by Gasteiger charge is 2.34. The normalized spacial score (nSPS) is 24.3. The lowest BCUT2D eigenvalue weighted by atomic mass is 9.93. The van der Waals surface area contributed by atoms with Crippen molar-refractivity contribution in [2.45, 2.75) is 101 Å². The van der Waals surface area contributed by atoms with Crippen molar-refractivity contribution in [3.8, 4) is 0 Å². The molecule has 3 aliphatic rings. The number of ether oxygens (including phenoxy) is 1. The van der Waals surface area contributed by atoms with Gasteiger partial charge in [-0.1, -0.05) is 19.3 Å². The predicted molar refractivity (Wildman–Crippen MR) is 122 cm³/mol. The van der Waals surface area contributed by atoms with Gasteiger partial charge in [0.25, 0.3) is 0 Å². The van der Waals surface area contributed by atoms with Crippen LogP contribution >= 0.6 is 0 Å². The molecule has 0 bridgehead atoms. The zero-order valence-corrected chi connectivity index (χ0v) is 19.3. The Bertz CT molecular complexity index is 632. The van der Waals surface area contributed by atoms with Gasteiger partial charge in [0.2, 0.25) is 5.91 Å². The Morgan fingerprint density at radius 2 is 1.72 bits per heavy atom. The van der Waals surface area contributed by atoms with E-state index in [-0.39, 0.29) is 36.5 Å². The summed E-state index contributed by atoms with van der Waals surface area (Å²) in [6, 6.07) is -0.296. The van der Waals surface area contributed by atoms with Gasteiger partial charge in [-0.2, -0.15) is 0 Å². The third-order valence-electron chi connectivity index (χ3n) is 7.22. The number of carboxylic acid groups (broad SMARTS) is 1. The second kappa shape index (κ2) is 12.4. The van der Waals surface area contributed by atoms with Crippen LogP contribution in [-0.4, -0.2) is 83.2 Å². The molecule has 9 nitrogen and oxygen atoms in total. The molecular formula is C23H41N5O4. The van der Waals surface area contributed by atoms with Crippen LogP contribution in [0.25, 0.3) is 0 Å². The minimum atomic E-state index is -0.930. The number of carbonyl (C=O) groups is 2. The average Bonchev–Trinajstić information content (AvgIpc) is 2.79. The maximum atomic E-state index is 13.4. The van der Waals surface area contributed by atoms with E-state index in [2.05, 4.69) is 5.32 Å². The van der Waals surface area contributed by atoms with Crippen molar-refractivity contribution in [1.29, 1.82) is 5.41 Å². The second-order valence-electron chi connectivity index (χ2n) is 9.56. The molecule has 0 unspecified atom stereocenters. The van der Waals surface area contributed by atoms with Crippen LogP contribution in [0.3, 0.4) is 0 Å². The van der Waals surface area contributed by atoms with Crippen molar-refractivity contribution < 1.29 is 19.4 Å². The molecule has 0 spiro atoms. The molecule has 0 aromatic rings. The van der Waals surface area contributed by atoms with Crippen molar-refractivity contribution >= 4 is 17.8 Å². The Kier molecular flexibility index (Phi) is 9.59. The van der Waals surface area contributed by atoms with Crippen LogP contribution in [0.1, 0.15) is 77.0 Å². The summed E-state index contributed by atoms with van der Waals surface area (Å²) >= 11 is 0. The van der Waals surface area contributed by atoms with Gasteiger partial charge in [0.1, 0.15) is 0 Å². The maximum absolute atomic E-state index is 13.4. The predicted octanol–water partition coefficient (Wildman–Crippen LogP) is 1.90. The quantitative estimate of drug-likeness (QED) is 0.311. The minimum absolute atomic E-state index is 0.0579. The van der Waals surface area contributed by atoms with Gasteiger partial charge in [-0.3, -0.25) is 15.0 Å². The SMILES string of the molecule is N=C(N)N1CCC(OCC[C@H]2CCCCN2C(=O)[C@H](CC(=O)O)NC2CCCCC2)CC1. The topological polar surface area (TPSA) is 132 Å². The van der Waals surface area contributed by atoms with Crippen LogP contribution in [0.15, 0.2) is 0 Å². The van der Waals surface area contributed by atoms with Gasteiger partial charge in [-0.25, -0.2) is 0 Å². The molecule has 2 heterocycles. The monoisotopic (exact) mass is 451 g/mol. The van der Waals surface area contributed by atoms with E-state index >= 15 is 0 Å². The number of likely N-dealkylation sites (tertiary alicyclic amines) is 2. The molecule has 3 rings (SSSR count). The highest BCUT2D eigenvalue weighted by atomic mass is 16.5. The Balaban J connectivity index is 1.51. The van der Waals surface area contributed by atoms with Gasteiger partial charge in [0, 0.05) is 38.3 Å². The number of aliphatic carboxylic acids is 1. The molecule has 2 saturated heterocycles. The standard InChI is InChI=1S/C23H41N5O4/c24-23(25)27-13-9-19(10-14-27)32-15-11-18-8-4-5-12-28(18)22(31)20(16-21(29)30)26-17-6-2-1-3-7-17/h17-20,26H,1-16H2,(H3,24,25)(H,29,30)/t18-,20+/m1/s1. The second-order valence-corrected chi connectivity index (χ2v) is 9.56. The van der Waals surface area contributed by atoms with Crippen molar-refractivity contribution in [2.24, 2.45) is 5.73 Å². The molecule has 3 fully saturated rings. The van der Waals surface area contributed by atoms with Crippen molar-refractivity contribution in [3.63, 3.8) is 0 Å². The minimum Gasteiger partial charge on any atom is -0.481 e. The Morgan fingerprint density at radius 3 is 2.38 bits per heavy atom. The van der Waals surface area contributed by atoms with Crippen LogP contribution in [0.4, 0.5) is 0 Å². The Hall–Kier alpha value is -1.87. The fraction of sp³-hybridized carbons (Fsp3) is 0.870. The highest BCUT2D eigenvalue weighted by Crippen LogP contribution is 2.24. The molecule has 0 aromatic heterocycles. The molecule has 2 atom stereocenters. The smallest absolute Gasteiger partial charge is 0.305 e. The van der Waals surface area contributed by atoms with Crippen LogP contribution in [0, 0.1) is 5.41 Å². The maximum Gasteiger partial charge on any atom is 0.305 e. The number of hydrogen-bond donors (Lipinski definition) is 4. The summed E-state index contributed by atoms with van der Waals surface area (Å²) in [5.74, 6) is -0.865. The zero-order chi connectivity index (χ0) is 22.9. The molecule has 1 amide bonds. The molecule has 0 aromatic carbocycles. The summed E-state index contributed by atoms with van der Waals surface area (Å²) in [6.07, 6.45) is 11.0. The lowest BCUT2D eigenvalue weighted by Gasteiger charge is -2.39. The van der Waals surface area contributed by atoms with Gasteiger partial charge in [0.05, 0.1) is 18.6 Å². The van der Waals surface area contributed by atoms with Crippen LogP contribution in [-0.2, 0) is 14.3 Å². The number of piperidine rings is 2. The number of hydrogen-bond acceptors (Lipinski definition) is 5. The number of amides is 1. The third kappa shape index (κ3) is 7.33. The zero-order valence-electron chi connectivity index (χ0n) is 19.3. The van der Waals surface area contributed by atoms with Gasteiger partial charge in [-0.15, -0.1) is 0 Å². The summed E-state index contributed by atoms with van der Waals surface area (Å²) in [7, 11) is 0. The molecule has 1 aliphatic carbocycles. The fourth-order valence-corrected chi connectivity index (χ4v) is 5.37. The summed E-state index contributed by atoms with van der Waals surface area (Å²) in [6.45, 7) is 2.79. The molecule has 2 aliphatic heterocycles. The number of nitrogens with one attached hydrogen (secondary N) is 2. The summed E-state index contributed by atoms with van der Waals surface area (Å²) in [5, 5.41) is 20.3. The lowest BCUT2D eigenvalue weighted by molar-refractivity contribution is -0.145. The fourth-order valence-electron chi connectivity index (χ4n) is 5.37. The van der Waals surface area contributed by atoms with E-state index in [4.69, 9.17) is 15.9 Å². The Labute approximate surface area is 191 Å².